The van der Waals surface area contributed by atoms with Crippen LogP contribution in [0.5, 0.6) is 0 Å². The zero-order valence-electron chi connectivity index (χ0n) is 14.3. The number of hydrogen-bond acceptors (Lipinski definition) is 1. The largest absolute Gasteiger partial charge is 0.417 e. The third-order valence-corrected chi connectivity index (χ3v) is 4.74. The zero-order chi connectivity index (χ0) is 20.2. The second kappa shape index (κ2) is 6.10. The molecule has 146 valence electrons. The predicted molar refractivity (Wildman–Crippen MR) is 83.1 cm³/mol. The van der Waals surface area contributed by atoms with Crippen molar-refractivity contribution in [3.63, 3.8) is 0 Å². The van der Waals surface area contributed by atoms with Crippen molar-refractivity contribution < 1.29 is 30.7 Å². The van der Waals surface area contributed by atoms with E-state index in [2.05, 4.69) is 4.99 Å². The highest BCUT2D eigenvalue weighted by atomic mass is 19.4. The van der Waals surface area contributed by atoms with E-state index in [1.54, 1.807) is 6.92 Å². The fourth-order valence-electron chi connectivity index (χ4n) is 3.33. The van der Waals surface area contributed by atoms with Gasteiger partial charge in [-0.1, -0.05) is 6.07 Å². The van der Waals surface area contributed by atoms with Gasteiger partial charge in [-0.2, -0.15) is 26.3 Å². The fraction of sp³-hybridized carbons (Fsp3) is 0.389. The maximum absolute atomic E-state index is 14.3. The molecule has 1 aromatic heterocycles. The number of pyridine rings is 1. The van der Waals surface area contributed by atoms with Gasteiger partial charge < -0.3 is 4.57 Å². The van der Waals surface area contributed by atoms with Crippen LogP contribution in [-0.4, -0.2) is 4.57 Å². The van der Waals surface area contributed by atoms with E-state index < -0.39 is 34.8 Å². The van der Waals surface area contributed by atoms with E-state index in [0.29, 0.717) is 30.0 Å². The summed E-state index contributed by atoms with van der Waals surface area (Å²) in [5.74, 6) is -1.14. The van der Waals surface area contributed by atoms with Crippen LogP contribution in [0.25, 0.3) is 0 Å². The number of aromatic nitrogens is 1. The summed E-state index contributed by atoms with van der Waals surface area (Å²) >= 11 is 0. The normalized spacial score (nSPS) is 20.9. The second-order valence-corrected chi connectivity index (χ2v) is 6.76. The average Bonchev–Trinajstić information content (AvgIpc) is 2.86. The van der Waals surface area contributed by atoms with Gasteiger partial charge >= 0.3 is 12.4 Å². The van der Waals surface area contributed by atoms with E-state index in [1.165, 1.54) is 13.1 Å². The van der Waals surface area contributed by atoms with Crippen molar-refractivity contribution in [2.24, 2.45) is 12.0 Å². The number of benzene rings is 1. The molecule has 9 heteroatoms. The van der Waals surface area contributed by atoms with Crippen LogP contribution in [0.3, 0.4) is 0 Å². The Morgan fingerprint density at radius 3 is 2.19 bits per heavy atom. The SMILES string of the molecule is Cn1cc(C(F)(F)F)cc(F)c1=N[C@@]1(C)CCc2cc(C(F)(F)F)ccc21. The minimum atomic E-state index is -4.70. The van der Waals surface area contributed by atoms with E-state index in [4.69, 9.17) is 0 Å². The molecule has 0 radical (unpaired) electrons. The summed E-state index contributed by atoms with van der Waals surface area (Å²) < 4.78 is 92.2. The van der Waals surface area contributed by atoms with Gasteiger partial charge in [-0.15, -0.1) is 0 Å². The number of halogens is 7. The molecule has 0 saturated carbocycles. The van der Waals surface area contributed by atoms with Crippen LogP contribution in [0.2, 0.25) is 0 Å². The van der Waals surface area contributed by atoms with Crippen molar-refractivity contribution in [1.82, 2.24) is 4.57 Å². The molecule has 0 unspecified atom stereocenters. The number of aryl methyl sites for hydroxylation is 2. The average molecular weight is 392 g/mol. The number of alkyl halides is 6. The molecular formula is C18H15F7N2. The molecule has 3 rings (SSSR count). The molecule has 0 amide bonds. The molecule has 1 aromatic carbocycles. The molecular weight excluding hydrogens is 377 g/mol. The van der Waals surface area contributed by atoms with Gasteiger partial charge in [-0.25, -0.2) is 4.39 Å². The summed E-state index contributed by atoms with van der Waals surface area (Å²) in [4.78, 5) is 4.28. The number of fused-ring (bicyclic) bond motifs is 1. The van der Waals surface area contributed by atoms with Crippen molar-refractivity contribution in [3.8, 4) is 0 Å². The van der Waals surface area contributed by atoms with Crippen molar-refractivity contribution >= 4 is 0 Å². The molecule has 0 fully saturated rings. The summed E-state index contributed by atoms with van der Waals surface area (Å²) in [6.45, 7) is 1.63. The van der Waals surface area contributed by atoms with Crippen molar-refractivity contribution in [2.45, 2.75) is 37.7 Å². The second-order valence-electron chi connectivity index (χ2n) is 6.76. The topological polar surface area (TPSA) is 17.3 Å². The van der Waals surface area contributed by atoms with E-state index in [1.807, 2.05) is 0 Å². The maximum atomic E-state index is 14.3. The predicted octanol–water partition coefficient (Wildman–Crippen LogP) is 4.96. The summed E-state index contributed by atoms with van der Waals surface area (Å²) in [7, 11) is 1.24. The molecule has 0 saturated heterocycles. The lowest BCUT2D eigenvalue weighted by atomic mass is 9.94. The zero-order valence-corrected chi connectivity index (χ0v) is 14.3. The monoisotopic (exact) mass is 392 g/mol. The van der Waals surface area contributed by atoms with Gasteiger partial charge in [-0.05, 0) is 49.1 Å². The van der Waals surface area contributed by atoms with E-state index >= 15 is 0 Å². The van der Waals surface area contributed by atoms with Crippen LogP contribution in [0.15, 0.2) is 35.5 Å². The van der Waals surface area contributed by atoms with Crippen molar-refractivity contribution in [2.75, 3.05) is 0 Å². The first-order valence-electron chi connectivity index (χ1n) is 8.01. The quantitative estimate of drug-likeness (QED) is 0.611. The Labute approximate surface area is 150 Å². The highest BCUT2D eigenvalue weighted by Crippen LogP contribution is 2.42. The Hall–Kier alpha value is -2.32. The first kappa shape index (κ1) is 19.4. The maximum Gasteiger partial charge on any atom is 0.417 e. The molecule has 1 atom stereocenters. The molecule has 0 bridgehead atoms. The van der Waals surface area contributed by atoms with Crippen molar-refractivity contribution in [3.05, 3.63) is 64.0 Å². The molecule has 2 aromatic rings. The van der Waals surface area contributed by atoms with Crippen LogP contribution in [0.4, 0.5) is 30.7 Å². The third-order valence-electron chi connectivity index (χ3n) is 4.74. The van der Waals surface area contributed by atoms with Gasteiger partial charge in [0.05, 0.1) is 16.7 Å². The first-order chi connectivity index (χ1) is 12.3. The van der Waals surface area contributed by atoms with Crippen molar-refractivity contribution in [1.29, 1.82) is 0 Å². The standard InChI is InChI=1S/C18H15F7N2/c1-16(6-5-10-7-11(17(20,21)22)3-4-13(10)16)26-15-14(19)8-12(9-27(15)2)18(23,24)25/h3-4,7-9H,5-6H2,1-2H3/t16-/m0/s1. The van der Waals surface area contributed by atoms with Crippen LogP contribution < -0.4 is 5.49 Å². The van der Waals surface area contributed by atoms with E-state index in [9.17, 15) is 30.7 Å². The highest BCUT2D eigenvalue weighted by Gasteiger charge is 2.38. The Kier molecular flexibility index (Phi) is 4.39. The Morgan fingerprint density at radius 2 is 1.63 bits per heavy atom. The molecule has 0 N–H and O–H groups in total. The third kappa shape index (κ3) is 3.59. The number of rotatable bonds is 1. The summed E-state index contributed by atoms with van der Waals surface area (Å²) in [5, 5.41) is 0. The smallest absolute Gasteiger partial charge is 0.333 e. The summed E-state index contributed by atoms with van der Waals surface area (Å²) in [6, 6.07) is 3.64. The minimum Gasteiger partial charge on any atom is -0.333 e. The molecule has 0 spiro atoms. The molecule has 27 heavy (non-hydrogen) atoms. The Bertz CT molecular complexity index is 927. The van der Waals surface area contributed by atoms with Crippen LogP contribution in [-0.2, 0) is 31.4 Å². The van der Waals surface area contributed by atoms with Gasteiger partial charge in [0.2, 0.25) is 0 Å². The van der Waals surface area contributed by atoms with E-state index in [-0.39, 0.29) is 5.49 Å². The van der Waals surface area contributed by atoms with Crippen LogP contribution >= 0.6 is 0 Å². The van der Waals surface area contributed by atoms with Crippen LogP contribution in [0.1, 0.15) is 35.6 Å². The first-order valence-corrected chi connectivity index (χ1v) is 8.01. The van der Waals surface area contributed by atoms with Gasteiger partial charge in [0.1, 0.15) is 0 Å². The highest BCUT2D eigenvalue weighted by molar-refractivity contribution is 5.42. The molecule has 1 aliphatic carbocycles. The fourth-order valence-corrected chi connectivity index (χ4v) is 3.33. The molecule has 2 nitrogen and oxygen atoms in total. The summed E-state index contributed by atoms with van der Waals surface area (Å²) in [5.41, 5.74) is -2.29. The lowest BCUT2D eigenvalue weighted by molar-refractivity contribution is -0.138. The molecule has 1 heterocycles. The Morgan fingerprint density at radius 1 is 1.00 bits per heavy atom. The van der Waals surface area contributed by atoms with Gasteiger partial charge in [0.25, 0.3) is 0 Å². The molecule has 0 aliphatic heterocycles. The minimum absolute atomic E-state index is 0.293. The number of hydrogen-bond donors (Lipinski definition) is 0. The van der Waals surface area contributed by atoms with Gasteiger partial charge in [0, 0.05) is 13.2 Å². The summed E-state index contributed by atoms with van der Waals surface area (Å²) in [6.07, 6.45) is -7.81. The van der Waals surface area contributed by atoms with Crippen LogP contribution in [0, 0.1) is 5.82 Å². The lowest BCUT2D eigenvalue weighted by Gasteiger charge is -2.21. The number of nitrogens with zero attached hydrogens (tertiary/aromatic N) is 2. The van der Waals surface area contributed by atoms with Gasteiger partial charge in [-0.3, -0.25) is 4.99 Å². The van der Waals surface area contributed by atoms with Gasteiger partial charge in [0.15, 0.2) is 11.3 Å². The van der Waals surface area contributed by atoms with E-state index in [0.717, 1.165) is 22.9 Å². The Balaban J connectivity index is 2.10. The molecule has 1 aliphatic rings. The lowest BCUT2D eigenvalue weighted by Crippen LogP contribution is -2.29.